The van der Waals surface area contributed by atoms with E-state index in [0.717, 1.165) is 32.4 Å². The molecule has 2 saturated heterocycles. The van der Waals surface area contributed by atoms with Crippen LogP contribution < -0.4 is 5.73 Å². The van der Waals surface area contributed by atoms with Gasteiger partial charge in [0, 0.05) is 31.7 Å². The molecule has 0 bridgehead atoms. The highest BCUT2D eigenvalue weighted by atomic mass is 35.5. The summed E-state index contributed by atoms with van der Waals surface area (Å²) in [4.78, 5) is 28.9. The number of hydrogen-bond acceptors (Lipinski definition) is 3. The molecule has 2 unspecified atom stereocenters. The van der Waals surface area contributed by atoms with E-state index in [1.807, 2.05) is 4.90 Å². The number of likely N-dealkylation sites (tertiary alicyclic amines) is 2. The zero-order valence-corrected chi connectivity index (χ0v) is 15.0. The van der Waals surface area contributed by atoms with Gasteiger partial charge in [0.05, 0.1) is 5.92 Å². The molecule has 0 aliphatic carbocycles. The lowest BCUT2D eigenvalue weighted by molar-refractivity contribution is -0.136. The number of hydrogen-bond donors (Lipinski definition) is 1. The molecular formula is C18H25ClFN3O2. The Balaban J connectivity index is 0.00000225. The van der Waals surface area contributed by atoms with Crippen LogP contribution in [0.3, 0.4) is 0 Å². The van der Waals surface area contributed by atoms with Crippen LogP contribution in [0.15, 0.2) is 24.3 Å². The van der Waals surface area contributed by atoms with E-state index < -0.39 is 0 Å². The second kappa shape index (κ2) is 8.63. The van der Waals surface area contributed by atoms with E-state index in [4.69, 9.17) is 5.73 Å². The van der Waals surface area contributed by atoms with Crippen LogP contribution in [0, 0.1) is 17.7 Å². The van der Waals surface area contributed by atoms with Gasteiger partial charge in [-0.3, -0.25) is 9.59 Å². The van der Waals surface area contributed by atoms with Crippen LogP contribution in [0.4, 0.5) is 4.39 Å². The Morgan fingerprint density at radius 2 is 1.80 bits per heavy atom. The third-order valence-electron chi connectivity index (χ3n) is 5.08. The Kier molecular flexibility index (Phi) is 6.79. The monoisotopic (exact) mass is 369 g/mol. The van der Waals surface area contributed by atoms with E-state index in [-0.39, 0.29) is 36.0 Å². The van der Waals surface area contributed by atoms with E-state index in [9.17, 15) is 14.0 Å². The molecule has 0 aromatic heterocycles. The van der Waals surface area contributed by atoms with E-state index in [1.54, 1.807) is 4.90 Å². The van der Waals surface area contributed by atoms with Crippen molar-refractivity contribution in [1.29, 1.82) is 0 Å². The van der Waals surface area contributed by atoms with Gasteiger partial charge in [0.2, 0.25) is 5.91 Å². The lowest BCUT2D eigenvalue weighted by Crippen LogP contribution is -2.46. The highest BCUT2D eigenvalue weighted by Gasteiger charge is 2.34. The van der Waals surface area contributed by atoms with Crippen molar-refractivity contribution in [3.63, 3.8) is 0 Å². The lowest BCUT2D eigenvalue weighted by Gasteiger charge is -2.34. The van der Waals surface area contributed by atoms with Crippen molar-refractivity contribution >= 4 is 24.2 Å². The first-order valence-corrected chi connectivity index (χ1v) is 8.62. The van der Waals surface area contributed by atoms with Crippen LogP contribution >= 0.6 is 12.4 Å². The topological polar surface area (TPSA) is 66.6 Å². The quantitative estimate of drug-likeness (QED) is 0.885. The van der Waals surface area contributed by atoms with Crippen molar-refractivity contribution in [2.24, 2.45) is 17.6 Å². The van der Waals surface area contributed by atoms with Crippen LogP contribution in [0.2, 0.25) is 0 Å². The van der Waals surface area contributed by atoms with E-state index >= 15 is 0 Å². The minimum absolute atomic E-state index is 0. The molecule has 0 spiro atoms. The zero-order chi connectivity index (χ0) is 17.1. The summed E-state index contributed by atoms with van der Waals surface area (Å²) in [5, 5.41) is 0. The third-order valence-corrected chi connectivity index (χ3v) is 5.08. The smallest absolute Gasteiger partial charge is 0.253 e. The number of halogens is 2. The molecule has 25 heavy (non-hydrogen) atoms. The Hall–Kier alpha value is -1.66. The average Bonchev–Trinajstić information content (AvgIpc) is 3.10. The van der Waals surface area contributed by atoms with Gasteiger partial charge in [-0.2, -0.15) is 0 Å². The number of carbonyl (C=O) groups is 2. The van der Waals surface area contributed by atoms with Gasteiger partial charge in [-0.15, -0.1) is 12.4 Å². The molecule has 0 radical (unpaired) electrons. The predicted octanol–water partition coefficient (Wildman–Crippen LogP) is 1.91. The maximum atomic E-state index is 13.0. The molecule has 2 heterocycles. The maximum absolute atomic E-state index is 13.0. The van der Waals surface area contributed by atoms with Gasteiger partial charge >= 0.3 is 0 Å². The summed E-state index contributed by atoms with van der Waals surface area (Å²) >= 11 is 0. The van der Waals surface area contributed by atoms with Crippen LogP contribution in [-0.4, -0.2) is 54.3 Å². The summed E-state index contributed by atoms with van der Waals surface area (Å²) < 4.78 is 13.0. The van der Waals surface area contributed by atoms with E-state index in [0.29, 0.717) is 31.1 Å². The second-order valence-corrected chi connectivity index (χ2v) is 6.77. The first-order chi connectivity index (χ1) is 11.6. The zero-order valence-electron chi connectivity index (χ0n) is 14.2. The Labute approximate surface area is 153 Å². The summed E-state index contributed by atoms with van der Waals surface area (Å²) in [6.45, 7) is 3.20. The highest BCUT2D eigenvalue weighted by molar-refractivity contribution is 5.94. The Morgan fingerprint density at radius 3 is 2.44 bits per heavy atom. The van der Waals surface area contributed by atoms with Crippen LogP contribution in [-0.2, 0) is 4.79 Å². The molecule has 5 nitrogen and oxygen atoms in total. The standard InChI is InChI=1S/C18H24FN3O2.ClH/c19-16-5-3-14(4-6-16)17(23)21-8-1-2-15(12-21)18(24)22-9-7-13(10-20)11-22;/h3-6,13,15H,1-2,7-12,20H2;1H. The molecule has 2 N–H and O–H groups in total. The van der Waals surface area contributed by atoms with Crippen molar-refractivity contribution in [3.8, 4) is 0 Å². The molecular weight excluding hydrogens is 345 g/mol. The van der Waals surface area contributed by atoms with Crippen LogP contribution in [0.5, 0.6) is 0 Å². The lowest BCUT2D eigenvalue weighted by atomic mass is 9.96. The normalized spacial score (nSPS) is 23.3. The molecule has 1 aromatic carbocycles. The van der Waals surface area contributed by atoms with Gasteiger partial charge in [0.1, 0.15) is 5.82 Å². The van der Waals surface area contributed by atoms with Gasteiger partial charge in [0.25, 0.3) is 5.91 Å². The second-order valence-electron chi connectivity index (χ2n) is 6.77. The van der Waals surface area contributed by atoms with Crippen molar-refractivity contribution in [2.45, 2.75) is 19.3 Å². The highest BCUT2D eigenvalue weighted by Crippen LogP contribution is 2.24. The Bertz CT molecular complexity index is 611. The van der Waals surface area contributed by atoms with Gasteiger partial charge in [0.15, 0.2) is 0 Å². The number of benzene rings is 1. The SMILES string of the molecule is Cl.NCC1CCN(C(=O)C2CCCN(C(=O)c3ccc(F)cc3)C2)C1. The number of rotatable bonds is 3. The largest absolute Gasteiger partial charge is 0.342 e. The number of nitrogens with zero attached hydrogens (tertiary/aromatic N) is 2. The van der Waals surface area contributed by atoms with Crippen molar-refractivity contribution < 1.29 is 14.0 Å². The van der Waals surface area contributed by atoms with Crippen molar-refractivity contribution in [3.05, 3.63) is 35.6 Å². The number of carbonyl (C=O) groups excluding carboxylic acids is 2. The Morgan fingerprint density at radius 1 is 1.08 bits per heavy atom. The fourth-order valence-corrected chi connectivity index (χ4v) is 3.62. The molecule has 2 aliphatic heterocycles. The van der Waals surface area contributed by atoms with E-state index in [1.165, 1.54) is 24.3 Å². The minimum atomic E-state index is -0.360. The van der Waals surface area contributed by atoms with Crippen LogP contribution in [0.25, 0.3) is 0 Å². The minimum Gasteiger partial charge on any atom is -0.342 e. The first kappa shape index (κ1) is 19.7. The van der Waals surface area contributed by atoms with Gasteiger partial charge in [-0.25, -0.2) is 4.39 Å². The fraction of sp³-hybridized carbons (Fsp3) is 0.556. The summed E-state index contributed by atoms with van der Waals surface area (Å²) in [7, 11) is 0. The number of amides is 2. The molecule has 2 fully saturated rings. The summed E-state index contributed by atoms with van der Waals surface area (Å²) in [6, 6.07) is 5.57. The fourth-order valence-electron chi connectivity index (χ4n) is 3.62. The van der Waals surface area contributed by atoms with Crippen LogP contribution in [0.1, 0.15) is 29.6 Å². The molecule has 138 valence electrons. The molecule has 3 rings (SSSR count). The van der Waals surface area contributed by atoms with Crippen molar-refractivity contribution in [1.82, 2.24) is 9.80 Å². The third kappa shape index (κ3) is 4.50. The molecule has 2 aliphatic rings. The van der Waals surface area contributed by atoms with Crippen molar-refractivity contribution in [2.75, 3.05) is 32.7 Å². The average molecular weight is 370 g/mol. The summed E-state index contributed by atoms with van der Waals surface area (Å²) in [5.74, 6) is -0.0905. The predicted molar refractivity (Wildman–Crippen MR) is 96.0 cm³/mol. The summed E-state index contributed by atoms with van der Waals surface area (Å²) in [5.41, 5.74) is 6.16. The van der Waals surface area contributed by atoms with E-state index in [2.05, 4.69) is 0 Å². The van der Waals surface area contributed by atoms with Gasteiger partial charge < -0.3 is 15.5 Å². The molecule has 2 amide bonds. The first-order valence-electron chi connectivity index (χ1n) is 8.62. The number of nitrogens with two attached hydrogens (primary N) is 1. The maximum Gasteiger partial charge on any atom is 0.253 e. The summed E-state index contributed by atoms with van der Waals surface area (Å²) in [6.07, 6.45) is 2.60. The molecule has 1 aromatic rings. The number of piperidine rings is 1. The molecule has 0 saturated carbocycles. The van der Waals surface area contributed by atoms with Gasteiger partial charge in [-0.05, 0) is 56.0 Å². The molecule has 2 atom stereocenters. The van der Waals surface area contributed by atoms with Gasteiger partial charge in [-0.1, -0.05) is 0 Å². The molecule has 7 heteroatoms.